The van der Waals surface area contributed by atoms with Crippen LogP contribution >= 0.6 is 11.6 Å². The second kappa shape index (κ2) is 10.5. The van der Waals surface area contributed by atoms with E-state index in [1.165, 1.54) is 6.42 Å². The predicted molar refractivity (Wildman–Crippen MR) is 124 cm³/mol. The van der Waals surface area contributed by atoms with Crippen LogP contribution in [-0.4, -0.2) is 50.3 Å². The van der Waals surface area contributed by atoms with Gasteiger partial charge in [-0.3, -0.25) is 9.69 Å². The lowest BCUT2D eigenvalue weighted by molar-refractivity contribution is -0.122. The summed E-state index contributed by atoms with van der Waals surface area (Å²) < 4.78 is 11.2. The molecular formula is C25H31ClN2O3. The van der Waals surface area contributed by atoms with Gasteiger partial charge in [0.25, 0.3) is 0 Å². The minimum Gasteiger partial charge on any atom is -0.492 e. The van der Waals surface area contributed by atoms with Crippen LogP contribution in [0, 0.1) is 0 Å². The van der Waals surface area contributed by atoms with Crippen molar-refractivity contribution in [3.05, 3.63) is 59.1 Å². The van der Waals surface area contributed by atoms with Gasteiger partial charge in [-0.25, -0.2) is 0 Å². The zero-order valence-corrected chi connectivity index (χ0v) is 18.7. The third kappa shape index (κ3) is 5.59. The number of anilines is 1. The fourth-order valence-electron chi connectivity index (χ4n) is 4.57. The third-order valence-electron chi connectivity index (χ3n) is 6.43. The molecule has 1 aliphatic carbocycles. The fraction of sp³-hybridized carbons (Fsp3) is 0.480. The molecule has 2 aromatic carbocycles. The van der Waals surface area contributed by atoms with Crippen LogP contribution in [0.5, 0.6) is 5.75 Å². The Kier molecular flexibility index (Phi) is 7.49. The Morgan fingerprint density at radius 1 is 1.00 bits per heavy atom. The van der Waals surface area contributed by atoms with Crippen LogP contribution in [0.3, 0.4) is 0 Å². The van der Waals surface area contributed by atoms with Crippen LogP contribution in [0.2, 0.25) is 5.02 Å². The largest absolute Gasteiger partial charge is 0.492 e. The number of rotatable bonds is 7. The fourth-order valence-corrected chi connectivity index (χ4v) is 4.70. The SMILES string of the molecule is O=C(Nc1ccc(OCCN2CCOCC2)cc1)C1(c2ccc(Cl)cc2)CCCCC1. The Labute approximate surface area is 189 Å². The highest BCUT2D eigenvalue weighted by Gasteiger charge is 2.41. The smallest absolute Gasteiger partial charge is 0.235 e. The van der Waals surface area contributed by atoms with Gasteiger partial charge in [0.15, 0.2) is 0 Å². The molecule has 0 spiro atoms. The van der Waals surface area contributed by atoms with E-state index in [2.05, 4.69) is 10.2 Å². The van der Waals surface area contributed by atoms with Crippen LogP contribution < -0.4 is 10.1 Å². The molecule has 0 radical (unpaired) electrons. The number of hydrogen-bond donors (Lipinski definition) is 1. The first-order valence-corrected chi connectivity index (χ1v) is 11.6. The first-order chi connectivity index (χ1) is 15.2. The van der Waals surface area contributed by atoms with Crippen molar-refractivity contribution in [1.82, 2.24) is 4.90 Å². The second-order valence-corrected chi connectivity index (χ2v) is 8.87. The highest BCUT2D eigenvalue weighted by Crippen LogP contribution is 2.41. The molecular weight excluding hydrogens is 412 g/mol. The summed E-state index contributed by atoms with van der Waals surface area (Å²) in [7, 11) is 0. The maximum absolute atomic E-state index is 13.4. The Morgan fingerprint density at radius 3 is 2.35 bits per heavy atom. The second-order valence-electron chi connectivity index (χ2n) is 8.43. The van der Waals surface area contributed by atoms with Gasteiger partial charge in [0.1, 0.15) is 12.4 Å². The molecule has 0 bridgehead atoms. The Morgan fingerprint density at radius 2 is 1.68 bits per heavy atom. The molecule has 4 rings (SSSR count). The minimum absolute atomic E-state index is 0.0653. The van der Waals surface area contributed by atoms with E-state index in [0.717, 1.165) is 75.5 Å². The van der Waals surface area contributed by atoms with Crippen molar-refractivity contribution in [2.24, 2.45) is 0 Å². The summed E-state index contributed by atoms with van der Waals surface area (Å²) in [5.41, 5.74) is 1.36. The van der Waals surface area contributed by atoms with Gasteiger partial charge in [-0.15, -0.1) is 0 Å². The number of carbonyl (C=O) groups excluding carboxylic acids is 1. The van der Waals surface area contributed by atoms with Crippen molar-refractivity contribution >= 4 is 23.2 Å². The summed E-state index contributed by atoms with van der Waals surface area (Å²) in [5.74, 6) is 0.881. The number of carbonyl (C=O) groups is 1. The van der Waals surface area contributed by atoms with Crippen LogP contribution in [0.15, 0.2) is 48.5 Å². The highest BCUT2D eigenvalue weighted by molar-refractivity contribution is 6.30. The van der Waals surface area contributed by atoms with Crippen molar-refractivity contribution in [2.75, 3.05) is 44.8 Å². The number of amides is 1. The number of ether oxygens (including phenoxy) is 2. The van der Waals surface area contributed by atoms with Crippen molar-refractivity contribution in [3.63, 3.8) is 0 Å². The molecule has 166 valence electrons. The normalized spacial score (nSPS) is 19.0. The van der Waals surface area contributed by atoms with Gasteiger partial charge in [-0.1, -0.05) is 43.0 Å². The summed E-state index contributed by atoms with van der Waals surface area (Å²) in [5, 5.41) is 3.84. The van der Waals surface area contributed by atoms with Crippen molar-refractivity contribution < 1.29 is 14.3 Å². The lowest BCUT2D eigenvalue weighted by atomic mass is 9.68. The summed E-state index contributed by atoms with van der Waals surface area (Å²) in [6.07, 6.45) is 5.03. The molecule has 2 aliphatic rings. The number of hydrogen-bond acceptors (Lipinski definition) is 4. The van der Waals surface area contributed by atoms with Gasteiger partial charge in [0.2, 0.25) is 5.91 Å². The summed E-state index contributed by atoms with van der Waals surface area (Å²) in [4.78, 5) is 15.8. The van der Waals surface area contributed by atoms with E-state index in [9.17, 15) is 4.79 Å². The first kappa shape index (κ1) is 22.1. The van der Waals surface area contributed by atoms with Gasteiger partial charge in [-0.05, 0) is 54.8 Å². The van der Waals surface area contributed by atoms with E-state index in [0.29, 0.717) is 11.6 Å². The number of morpholine rings is 1. The summed E-state index contributed by atoms with van der Waals surface area (Å²) in [6, 6.07) is 15.4. The molecule has 0 aromatic heterocycles. The Hall–Kier alpha value is -2.08. The molecule has 6 heteroatoms. The molecule has 1 aliphatic heterocycles. The van der Waals surface area contributed by atoms with E-state index >= 15 is 0 Å². The molecule has 1 saturated heterocycles. The lowest BCUT2D eigenvalue weighted by Crippen LogP contribution is -2.42. The number of nitrogens with zero attached hydrogens (tertiary/aromatic N) is 1. The van der Waals surface area contributed by atoms with E-state index in [-0.39, 0.29) is 5.91 Å². The molecule has 0 unspecified atom stereocenters. The summed E-state index contributed by atoms with van der Waals surface area (Å²) in [6.45, 7) is 5.06. The lowest BCUT2D eigenvalue weighted by Gasteiger charge is -2.36. The van der Waals surface area contributed by atoms with E-state index in [4.69, 9.17) is 21.1 Å². The molecule has 2 aromatic rings. The highest BCUT2D eigenvalue weighted by atomic mass is 35.5. The zero-order valence-electron chi connectivity index (χ0n) is 17.9. The maximum atomic E-state index is 13.4. The van der Waals surface area contributed by atoms with Gasteiger partial charge in [0, 0.05) is 30.3 Å². The van der Waals surface area contributed by atoms with E-state index in [1.807, 2.05) is 48.5 Å². The quantitative estimate of drug-likeness (QED) is 0.663. The number of nitrogens with one attached hydrogen (secondary N) is 1. The van der Waals surface area contributed by atoms with Crippen molar-refractivity contribution in [2.45, 2.75) is 37.5 Å². The predicted octanol–water partition coefficient (Wildman–Crippen LogP) is 4.89. The zero-order chi connectivity index (χ0) is 21.5. The minimum atomic E-state index is -0.490. The molecule has 1 heterocycles. The van der Waals surface area contributed by atoms with Gasteiger partial charge >= 0.3 is 0 Å². The topological polar surface area (TPSA) is 50.8 Å². The molecule has 31 heavy (non-hydrogen) atoms. The Balaban J connectivity index is 1.36. The molecule has 1 saturated carbocycles. The van der Waals surface area contributed by atoms with Crippen LogP contribution in [-0.2, 0) is 14.9 Å². The molecule has 1 N–H and O–H groups in total. The van der Waals surface area contributed by atoms with Crippen molar-refractivity contribution in [1.29, 1.82) is 0 Å². The van der Waals surface area contributed by atoms with Gasteiger partial charge in [0.05, 0.1) is 18.6 Å². The number of halogens is 1. The van der Waals surface area contributed by atoms with E-state index in [1.54, 1.807) is 0 Å². The van der Waals surface area contributed by atoms with Crippen molar-refractivity contribution in [3.8, 4) is 5.75 Å². The standard InChI is InChI=1S/C25H31ClN2O3/c26-21-6-4-20(5-7-21)25(12-2-1-3-13-25)24(29)27-22-8-10-23(11-9-22)31-19-16-28-14-17-30-18-15-28/h4-11H,1-3,12-19H2,(H,27,29). The number of benzene rings is 2. The molecule has 0 atom stereocenters. The Bertz CT molecular complexity index is 842. The third-order valence-corrected chi connectivity index (χ3v) is 6.68. The molecule has 2 fully saturated rings. The first-order valence-electron chi connectivity index (χ1n) is 11.3. The maximum Gasteiger partial charge on any atom is 0.235 e. The van der Waals surface area contributed by atoms with Crippen LogP contribution in [0.25, 0.3) is 0 Å². The average Bonchev–Trinajstić information content (AvgIpc) is 2.82. The molecule has 5 nitrogen and oxygen atoms in total. The van der Waals surface area contributed by atoms with Gasteiger partial charge < -0.3 is 14.8 Å². The average molecular weight is 443 g/mol. The van der Waals surface area contributed by atoms with E-state index < -0.39 is 5.41 Å². The van der Waals surface area contributed by atoms with Gasteiger partial charge in [-0.2, -0.15) is 0 Å². The molecule has 1 amide bonds. The van der Waals surface area contributed by atoms with Crippen LogP contribution in [0.4, 0.5) is 5.69 Å². The summed E-state index contributed by atoms with van der Waals surface area (Å²) >= 11 is 6.08. The monoisotopic (exact) mass is 442 g/mol. The van der Waals surface area contributed by atoms with Crippen LogP contribution in [0.1, 0.15) is 37.7 Å².